The Bertz CT molecular complexity index is 1050. The average Bonchev–Trinajstić information content (AvgIpc) is 3.36. The fourth-order valence-electron chi connectivity index (χ4n) is 3.22. The molecule has 1 saturated carbocycles. The third kappa shape index (κ3) is 3.64. The van der Waals surface area contributed by atoms with Crippen LogP contribution in [0.1, 0.15) is 18.4 Å². The molecule has 0 bridgehead atoms. The maximum atomic E-state index is 14.1. The number of sulfonamides is 1. The summed E-state index contributed by atoms with van der Waals surface area (Å²) in [4.78, 5) is 14.2. The van der Waals surface area contributed by atoms with Gasteiger partial charge in [0.2, 0.25) is 5.91 Å². The van der Waals surface area contributed by atoms with Crippen LogP contribution in [0.3, 0.4) is 0 Å². The normalized spacial score (nSPS) is 16.3. The monoisotopic (exact) mass is 516 g/mol. The van der Waals surface area contributed by atoms with E-state index in [-0.39, 0.29) is 22.4 Å². The van der Waals surface area contributed by atoms with Gasteiger partial charge in [-0.05, 0) is 55.2 Å². The number of carbonyl (C=O) groups is 1. The fourth-order valence-corrected chi connectivity index (χ4v) is 5.55. The van der Waals surface area contributed by atoms with Crippen molar-refractivity contribution >= 4 is 59.2 Å². The first-order valence-corrected chi connectivity index (χ1v) is 11.4. The maximum Gasteiger partial charge on any atom is 0.264 e. The van der Waals surface area contributed by atoms with Gasteiger partial charge in [0.25, 0.3) is 10.0 Å². The summed E-state index contributed by atoms with van der Waals surface area (Å²) >= 11 is 6.49. The molecule has 0 unspecified atom stereocenters. The highest BCUT2D eigenvalue weighted by Gasteiger charge is 2.39. The Hall–Kier alpha value is -1.45. The second-order valence-corrected chi connectivity index (χ2v) is 10.1. The number of anilines is 2. The zero-order valence-electron chi connectivity index (χ0n) is 14.0. The zero-order chi connectivity index (χ0) is 19.3. The third-order valence-electron chi connectivity index (χ3n) is 4.65. The standard InChI is InChI=1S/C18H15Br2FN2O3S/c19-12-3-4-15(14(21)8-12)22-27(25,26)16-9-13(20)7-11-5-6-23(17(11)16)18(24)10-1-2-10/h3-4,7-10,22H,1-2,5-6H2. The van der Waals surface area contributed by atoms with E-state index in [1.54, 1.807) is 11.0 Å². The van der Waals surface area contributed by atoms with Crippen LogP contribution in [0.15, 0.2) is 44.2 Å². The lowest BCUT2D eigenvalue weighted by Crippen LogP contribution is -2.31. The molecule has 0 saturated heterocycles. The largest absolute Gasteiger partial charge is 0.310 e. The summed E-state index contributed by atoms with van der Waals surface area (Å²) in [5.41, 5.74) is 1.04. The molecule has 142 valence electrons. The lowest BCUT2D eigenvalue weighted by Gasteiger charge is -2.21. The van der Waals surface area contributed by atoms with Gasteiger partial charge in [-0.25, -0.2) is 12.8 Å². The Balaban J connectivity index is 1.77. The minimum absolute atomic E-state index is 0.0213. The van der Waals surface area contributed by atoms with Gasteiger partial charge in [0.1, 0.15) is 10.7 Å². The topological polar surface area (TPSA) is 66.5 Å². The molecule has 1 N–H and O–H groups in total. The molecule has 0 radical (unpaired) electrons. The van der Waals surface area contributed by atoms with E-state index in [2.05, 4.69) is 36.6 Å². The molecule has 1 fully saturated rings. The van der Waals surface area contributed by atoms with E-state index >= 15 is 0 Å². The van der Waals surface area contributed by atoms with Gasteiger partial charge in [0.15, 0.2) is 0 Å². The lowest BCUT2D eigenvalue weighted by atomic mass is 10.2. The minimum Gasteiger partial charge on any atom is -0.310 e. The van der Waals surface area contributed by atoms with Crippen molar-refractivity contribution in [2.45, 2.75) is 24.2 Å². The summed E-state index contributed by atoms with van der Waals surface area (Å²) in [6.45, 7) is 0.455. The van der Waals surface area contributed by atoms with Crippen molar-refractivity contribution in [3.05, 3.63) is 50.7 Å². The Kier molecular flexibility index (Phi) is 4.80. The van der Waals surface area contributed by atoms with Gasteiger partial charge in [-0.3, -0.25) is 9.52 Å². The van der Waals surface area contributed by atoms with E-state index in [4.69, 9.17) is 0 Å². The summed E-state index contributed by atoms with van der Waals surface area (Å²) in [7, 11) is -4.10. The third-order valence-corrected chi connectivity index (χ3v) is 6.98. The molecule has 2 aromatic carbocycles. The highest BCUT2D eigenvalue weighted by atomic mass is 79.9. The zero-order valence-corrected chi connectivity index (χ0v) is 18.0. The molecule has 0 aromatic heterocycles. The predicted molar refractivity (Wildman–Crippen MR) is 108 cm³/mol. The van der Waals surface area contributed by atoms with Crippen LogP contribution >= 0.6 is 31.9 Å². The second kappa shape index (κ2) is 6.86. The minimum atomic E-state index is -4.10. The molecule has 2 aliphatic rings. The van der Waals surface area contributed by atoms with Gasteiger partial charge >= 0.3 is 0 Å². The summed E-state index contributed by atoms with van der Waals surface area (Å²) in [5.74, 6) is -0.750. The summed E-state index contributed by atoms with van der Waals surface area (Å²) < 4.78 is 43.7. The molecule has 1 amide bonds. The first-order valence-electron chi connectivity index (χ1n) is 8.38. The number of nitrogens with one attached hydrogen (secondary N) is 1. The average molecular weight is 518 g/mol. The second-order valence-electron chi connectivity index (χ2n) is 6.66. The van der Waals surface area contributed by atoms with Crippen LogP contribution in [0.2, 0.25) is 0 Å². The Morgan fingerprint density at radius 1 is 1.15 bits per heavy atom. The van der Waals surface area contributed by atoms with Crippen molar-refractivity contribution in [3.8, 4) is 0 Å². The van der Waals surface area contributed by atoms with Crippen molar-refractivity contribution < 1.29 is 17.6 Å². The molecule has 2 aromatic rings. The molecule has 0 spiro atoms. The molecule has 9 heteroatoms. The number of fused-ring (bicyclic) bond motifs is 1. The number of benzene rings is 2. The van der Waals surface area contributed by atoms with Gasteiger partial charge in [-0.15, -0.1) is 0 Å². The Morgan fingerprint density at radius 2 is 1.89 bits per heavy atom. The molecule has 0 atom stereocenters. The molecule has 27 heavy (non-hydrogen) atoms. The Labute approximate surface area is 173 Å². The van der Waals surface area contributed by atoms with Crippen molar-refractivity contribution in [2.24, 2.45) is 5.92 Å². The number of hydrogen-bond acceptors (Lipinski definition) is 3. The van der Waals surface area contributed by atoms with Crippen molar-refractivity contribution in [1.82, 2.24) is 0 Å². The quantitative estimate of drug-likeness (QED) is 0.651. The number of rotatable bonds is 4. The van der Waals surface area contributed by atoms with Crippen LogP contribution in [0.4, 0.5) is 15.8 Å². The van der Waals surface area contributed by atoms with Gasteiger partial charge in [-0.2, -0.15) is 0 Å². The van der Waals surface area contributed by atoms with E-state index < -0.39 is 15.8 Å². The lowest BCUT2D eigenvalue weighted by molar-refractivity contribution is -0.119. The van der Waals surface area contributed by atoms with E-state index in [0.29, 0.717) is 27.6 Å². The highest BCUT2D eigenvalue weighted by molar-refractivity contribution is 9.10. The Morgan fingerprint density at radius 3 is 2.56 bits per heavy atom. The number of nitrogens with zero attached hydrogens (tertiary/aromatic N) is 1. The molecular weight excluding hydrogens is 503 g/mol. The van der Waals surface area contributed by atoms with E-state index in [1.807, 2.05) is 6.07 Å². The predicted octanol–water partition coefficient (Wildman–Crippen LogP) is 4.45. The van der Waals surface area contributed by atoms with Crippen molar-refractivity contribution in [2.75, 3.05) is 16.2 Å². The first kappa shape index (κ1) is 18.9. The number of hydrogen-bond donors (Lipinski definition) is 1. The molecule has 5 nitrogen and oxygen atoms in total. The fraction of sp³-hybridized carbons (Fsp3) is 0.278. The molecule has 1 aliphatic heterocycles. The number of carbonyl (C=O) groups excluding carboxylic acids is 1. The number of halogens is 3. The molecule has 4 rings (SSSR count). The highest BCUT2D eigenvalue weighted by Crippen LogP contribution is 2.41. The van der Waals surface area contributed by atoms with Gasteiger partial charge < -0.3 is 4.90 Å². The smallest absolute Gasteiger partial charge is 0.264 e. The molecule has 1 heterocycles. The van der Waals surface area contributed by atoms with Gasteiger partial charge in [0, 0.05) is 21.4 Å². The number of amides is 1. The summed E-state index contributed by atoms with van der Waals surface area (Å²) in [6, 6.07) is 7.37. The van der Waals surface area contributed by atoms with Crippen molar-refractivity contribution in [1.29, 1.82) is 0 Å². The van der Waals surface area contributed by atoms with Gasteiger partial charge in [0.05, 0.1) is 11.4 Å². The van der Waals surface area contributed by atoms with Crippen LogP contribution in [-0.2, 0) is 21.2 Å². The SMILES string of the molecule is O=C(C1CC1)N1CCc2cc(Br)cc(S(=O)(=O)Nc3ccc(Br)cc3F)c21. The van der Waals surface area contributed by atoms with E-state index in [1.165, 1.54) is 18.2 Å². The van der Waals surface area contributed by atoms with Crippen LogP contribution in [0, 0.1) is 11.7 Å². The molecular formula is C18H15Br2FN2O3S. The summed E-state index contributed by atoms with van der Waals surface area (Å²) in [6.07, 6.45) is 2.26. The van der Waals surface area contributed by atoms with Crippen LogP contribution in [0.5, 0.6) is 0 Å². The molecule has 1 aliphatic carbocycles. The van der Waals surface area contributed by atoms with Crippen LogP contribution < -0.4 is 9.62 Å². The van der Waals surface area contributed by atoms with Gasteiger partial charge in [-0.1, -0.05) is 31.9 Å². The first-order chi connectivity index (χ1) is 12.8. The van der Waals surface area contributed by atoms with Crippen LogP contribution in [-0.4, -0.2) is 20.9 Å². The van der Waals surface area contributed by atoms with Crippen LogP contribution in [0.25, 0.3) is 0 Å². The maximum absolute atomic E-state index is 14.1. The van der Waals surface area contributed by atoms with Crippen molar-refractivity contribution in [3.63, 3.8) is 0 Å². The van der Waals surface area contributed by atoms with E-state index in [9.17, 15) is 17.6 Å². The van der Waals surface area contributed by atoms with E-state index in [0.717, 1.165) is 18.4 Å². The summed E-state index contributed by atoms with van der Waals surface area (Å²) in [5, 5.41) is 0.